The Balaban J connectivity index is 0.00000162. The highest BCUT2D eigenvalue weighted by molar-refractivity contribution is 6.42. The van der Waals surface area contributed by atoms with Crippen molar-refractivity contribution in [1.29, 1.82) is 0 Å². The fourth-order valence-electron chi connectivity index (χ4n) is 1.76. The molecule has 1 atom stereocenters. The van der Waals surface area contributed by atoms with E-state index in [0.29, 0.717) is 28.1 Å². The average Bonchev–Trinajstić information content (AvgIpc) is 3.13. The van der Waals surface area contributed by atoms with Gasteiger partial charge in [-0.25, -0.2) is 0 Å². The standard InChI is InChI=1S/C12H14Cl2N2O.ClH/c13-9-4-3-8(5-10(9)14)12(17)16-11(6-15)7-1-2-7;/h3-5,7,11H,1-2,6,15H2,(H,16,17);1H. The third kappa shape index (κ3) is 3.75. The SMILES string of the molecule is Cl.NCC(NC(=O)c1ccc(Cl)c(Cl)c1)C1CC1. The number of benzene rings is 1. The van der Waals surface area contributed by atoms with E-state index in [1.54, 1.807) is 18.2 Å². The minimum Gasteiger partial charge on any atom is -0.348 e. The normalized spacial score (nSPS) is 15.7. The van der Waals surface area contributed by atoms with E-state index in [2.05, 4.69) is 5.32 Å². The van der Waals surface area contributed by atoms with Gasteiger partial charge in [-0.15, -0.1) is 12.4 Å². The molecule has 1 fully saturated rings. The first kappa shape index (κ1) is 15.6. The maximum absolute atomic E-state index is 11.9. The molecule has 0 heterocycles. The molecule has 18 heavy (non-hydrogen) atoms. The summed E-state index contributed by atoms with van der Waals surface area (Å²) in [7, 11) is 0. The van der Waals surface area contributed by atoms with Crippen LogP contribution in [0.3, 0.4) is 0 Å². The molecule has 1 saturated carbocycles. The van der Waals surface area contributed by atoms with Crippen LogP contribution in [0.15, 0.2) is 18.2 Å². The molecule has 0 aliphatic heterocycles. The van der Waals surface area contributed by atoms with Crippen molar-refractivity contribution in [1.82, 2.24) is 5.32 Å². The van der Waals surface area contributed by atoms with Crippen LogP contribution in [0.25, 0.3) is 0 Å². The van der Waals surface area contributed by atoms with Gasteiger partial charge < -0.3 is 11.1 Å². The molecule has 1 aromatic rings. The lowest BCUT2D eigenvalue weighted by molar-refractivity contribution is 0.0933. The number of nitrogens with two attached hydrogens (primary N) is 1. The molecule has 1 unspecified atom stereocenters. The van der Waals surface area contributed by atoms with Crippen LogP contribution in [-0.4, -0.2) is 18.5 Å². The average molecular weight is 310 g/mol. The largest absolute Gasteiger partial charge is 0.348 e. The van der Waals surface area contributed by atoms with E-state index in [1.165, 1.54) is 0 Å². The Hall–Kier alpha value is -0.480. The van der Waals surface area contributed by atoms with Gasteiger partial charge in [0.15, 0.2) is 0 Å². The Kier molecular flexibility index (Phi) is 5.73. The molecular formula is C12H15Cl3N2O. The summed E-state index contributed by atoms with van der Waals surface area (Å²) in [6.07, 6.45) is 2.28. The van der Waals surface area contributed by atoms with E-state index in [1.807, 2.05) is 0 Å². The molecule has 6 heteroatoms. The van der Waals surface area contributed by atoms with E-state index in [-0.39, 0.29) is 24.4 Å². The molecule has 0 saturated heterocycles. The van der Waals surface area contributed by atoms with Crippen LogP contribution < -0.4 is 11.1 Å². The molecule has 1 aliphatic carbocycles. The summed E-state index contributed by atoms with van der Waals surface area (Å²) in [5.74, 6) is 0.387. The number of hydrogen-bond donors (Lipinski definition) is 2. The molecular weight excluding hydrogens is 295 g/mol. The van der Waals surface area contributed by atoms with Crippen molar-refractivity contribution in [2.75, 3.05) is 6.54 Å². The Morgan fingerprint density at radius 2 is 2.06 bits per heavy atom. The number of rotatable bonds is 4. The minimum absolute atomic E-state index is 0. The summed E-state index contributed by atoms with van der Waals surface area (Å²) in [6.45, 7) is 0.470. The quantitative estimate of drug-likeness (QED) is 0.898. The lowest BCUT2D eigenvalue weighted by Crippen LogP contribution is -2.41. The molecule has 1 aromatic carbocycles. The van der Waals surface area contributed by atoms with Gasteiger partial charge in [-0.05, 0) is 37.0 Å². The van der Waals surface area contributed by atoms with E-state index >= 15 is 0 Å². The van der Waals surface area contributed by atoms with Crippen molar-refractivity contribution in [3.8, 4) is 0 Å². The number of amides is 1. The second kappa shape index (κ2) is 6.62. The molecule has 0 aromatic heterocycles. The van der Waals surface area contributed by atoms with Gasteiger partial charge in [-0.1, -0.05) is 23.2 Å². The van der Waals surface area contributed by atoms with E-state index in [4.69, 9.17) is 28.9 Å². The summed E-state index contributed by atoms with van der Waals surface area (Å²) >= 11 is 11.7. The van der Waals surface area contributed by atoms with Gasteiger partial charge in [-0.2, -0.15) is 0 Å². The maximum Gasteiger partial charge on any atom is 0.251 e. The number of carbonyl (C=O) groups excluding carboxylic acids is 1. The second-order valence-electron chi connectivity index (χ2n) is 4.28. The summed E-state index contributed by atoms with van der Waals surface area (Å²) < 4.78 is 0. The first-order chi connectivity index (χ1) is 8.11. The Labute approximate surface area is 122 Å². The zero-order chi connectivity index (χ0) is 12.4. The maximum atomic E-state index is 11.9. The van der Waals surface area contributed by atoms with Crippen LogP contribution in [0, 0.1) is 5.92 Å². The topological polar surface area (TPSA) is 55.1 Å². The van der Waals surface area contributed by atoms with E-state index in [0.717, 1.165) is 12.8 Å². The van der Waals surface area contributed by atoms with Crippen molar-refractivity contribution in [3.05, 3.63) is 33.8 Å². The highest BCUT2D eigenvalue weighted by Crippen LogP contribution is 2.32. The minimum atomic E-state index is -0.147. The van der Waals surface area contributed by atoms with Crippen molar-refractivity contribution in [2.45, 2.75) is 18.9 Å². The lowest BCUT2D eigenvalue weighted by atomic mass is 10.1. The molecule has 3 nitrogen and oxygen atoms in total. The van der Waals surface area contributed by atoms with Crippen LogP contribution >= 0.6 is 35.6 Å². The number of carbonyl (C=O) groups is 1. The zero-order valence-corrected chi connectivity index (χ0v) is 12.0. The highest BCUT2D eigenvalue weighted by Gasteiger charge is 2.31. The number of nitrogens with one attached hydrogen (secondary N) is 1. The fraction of sp³-hybridized carbons (Fsp3) is 0.417. The highest BCUT2D eigenvalue weighted by atomic mass is 35.5. The van der Waals surface area contributed by atoms with Gasteiger partial charge in [0.2, 0.25) is 0 Å². The third-order valence-electron chi connectivity index (χ3n) is 2.94. The van der Waals surface area contributed by atoms with Crippen LogP contribution in [-0.2, 0) is 0 Å². The van der Waals surface area contributed by atoms with E-state index in [9.17, 15) is 4.79 Å². The molecule has 1 aliphatic rings. The first-order valence-corrected chi connectivity index (χ1v) is 6.33. The summed E-state index contributed by atoms with van der Waals surface area (Å²) in [4.78, 5) is 11.9. The Bertz CT molecular complexity index is 435. The van der Waals surface area contributed by atoms with Gasteiger partial charge in [0.05, 0.1) is 10.0 Å². The van der Waals surface area contributed by atoms with Crippen molar-refractivity contribution in [3.63, 3.8) is 0 Å². The Morgan fingerprint density at radius 3 is 2.56 bits per heavy atom. The predicted octanol–water partition coefficient (Wildman–Crippen LogP) is 2.88. The van der Waals surface area contributed by atoms with Gasteiger partial charge in [0.1, 0.15) is 0 Å². The second-order valence-corrected chi connectivity index (χ2v) is 5.10. The molecule has 3 N–H and O–H groups in total. The smallest absolute Gasteiger partial charge is 0.251 e. The van der Waals surface area contributed by atoms with Gasteiger partial charge in [0.25, 0.3) is 5.91 Å². The van der Waals surface area contributed by atoms with Crippen LogP contribution in [0.2, 0.25) is 10.0 Å². The van der Waals surface area contributed by atoms with Crippen molar-refractivity contribution >= 4 is 41.5 Å². The van der Waals surface area contributed by atoms with Crippen molar-refractivity contribution in [2.24, 2.45) is 11.7 Å². The van der Waals surface area contributed by atoms with Crippen LogP contribution in [0.4, 0.5) is 0 Å². The lowest BCUT2D eigenvalue weighted by Gasteiger charge is -2.16. The number of hydrogen-bond acceptors (Lipinski definition) is 2. The Morgan fingerprint density at radius 1 is 1.39 bits per heavy atom. The predicted molar refractivity (Wildman–Crippen MR) is 76.7 cm³/mol. The molecule has 2 rings (SSSR count). The molecule has 0 radical (unpaired) electrons. The van der Waals surface area contributed by atoms with Crippen molar-refractivity contribution < 1.29 is 4.79 Å². The molecule has 1 amide bonds. The van der Waals surface area contributed by atoms with Gasteiger partial charge >= 0.3 is 0 Å². The molecule has 100 valence electrons. The van der Waals surface area contributed by atoms with Crippen LogP contribution in [0.1, 0.15) is 23.2 Å². The fourth-order valence-corrected chi connectivity index (χ4v) is 2.05. The summed E-state index contributed by atoms with van der Waals surface area (Å²) in [5, 5.41) is 3.76. The van der Waals surface area contributed by atoms with E-state index < -0.39 is 0 Å². The third-order valence-corrected chi connectivity index (χ3v) is 3.68. The van der Waals surface area contributed by atoms with Gasteiger partial charge in [0, 0.05) is 18.2 Å². The van der Waals surface area contributed by atoms with Crippen LogP contribution in [0.5, 0.6) is 0 Å². The van der Waals surface area contributed by atoms with Gasteiger partial charge in [-0.3, -0.25) is 4.79 Å². The molecule has 0 spiro atoms. The summed E-state index contributed by atoms with van der Waals surface area (Å²) in [5.41, 5.74) is 6.14. The summed E-state index contributed by atoms with van der Waals surface area (Å²) in [6, 6.07) is 4.91. The zero-order valence-electron chi connectivity index (χ0n) is 9.66. The molecule has 0 bridgehead atoms. The monoisotopic (exact) mass is 308 g/mol. The number of halogens is 3. The first-order valence-electron chi connectivity index (χ1n) is 5.58.